The van der Waals surface area contributed by atoms with E-state index >= 15 is 0 Å². The first-order valence-electron chi connectivity index (χ1n) is 5.32. The highest BCUT2D eigenvalue weighted by Crippen LogP contribution is 2.28. The van der Waals surface area contributed by atoms with Gasteiger partial charge < -0.3 is 10.1 Å². The number of nitrogens with one attached hydrogen (secondary N) is 1. The van der Waals surface area contributed by atoms with Crippen molar-refractivity contribution in [3.05, 3.63) is 5.82 Å². The molecule has 0 saturated carbocycles. The number of ether oxygens (including phenoxy) is 1. The Labute approximate surface area is 100 Å². The third-order valence-corrected chi connectivity index (χ3v) is 3.12. The van der Waals surface area contributed by atoms with Gasteiger partial charge in [-0.15, -0.1) is 0 Å². The van der Waals surface area contributed by atoms with Gasteiger partial charge in [-0.3, -0.25) is 0 Å². The Balaban J connectivity index is 1.77. The Morgan fingerprint density at radius 1 is 1.47 bits per heavy atom. The molecule has 4 nitrogen and oxygen atoms in total. The van der Waals surface area contributed by atoms with Crippen molar-refractivity contribution >= 4 is 16.7 Å². The van der Waals surface area contributed by atoms with E-state index in [2.05, 4.69) is 14.7 Å². The highest BCUT2D eigenvalue weighted by atomic mass is 32.1. The molecule has 17 heavy (non-hydrogen) atoms. The summed E-state index contributed by atoms with van der Waals surface area (Å²) in [7, 11) is 0. The fourth-order valence-electron chi connectivity index (χ4n) is 1.62. The van der Waals surface area contributed by atoms with Gasteiger partial charge in [-0.2, -0.15) is 22.5 Å². The first kappa shape index (κ1) is 12.6. The molecule has 1 aromatic heterocycles. The van der Waals surface area contributed by atoms with Gasteiger partial charge in [0.15, 0.2) is 0 Å². The molecule has 2 rings (SSSR count). The summed E-state index contributed by atoms with van der Waals surface area (Å²) in [5.74, 6) is -1.08. The monoisotopic (exact) mass is 267 g/mol. The standard InChI is InChI=1S/C9H12F3N3OS/c10-9(11,12)7-14-8(17-15-7)13-4-3-6-2-1-5-16-6/h6H,1-5H2,(H,13,14,15). The molecule has 1 unspecified atom stereocenters. The van der Waals surface area contributed by atoms with Crippen LogP contribution < -0.4 is 5.32 Å². The van der Waals surface area contributed by atoms with Crippen molar-refractivity contribution in [2.24, 2.45) is 0 Å². The van der Waals surface area contributed by atoms with Crippen molar-refractivity contribution in [2.45, 2.75) is 31.5 Å². The number of aromatic nitrogens is 2. The molecule has 1 atom stereocenters. The van der Waals surface area contributed by atoms with Crippen LogP contribution >= 0.6 is 11.5 Å². The second-order valence-electron chi connectivity index (χ2n) is 3.77. The minimum absolute atomic E-state index is 0.204. The van der Waals surface area contributed by atoms with E-state index in [0.717, 1.165) is 37.4 Å². The molecule has 1 aliphatic heterocycles. The summed E-state index contributed by atoms with van der Waals surface area (Å²) in [6, 6.07) is 0. The average Bonchev–Trinajstić information content (AvgIpc) is 2.86. The maximum absolute atomic E-state index is 12.2. The number of hydrogen-bond acceptors (Lipinski definition) is 5. The predicted molar refractivity (Wildman–Crippen MR) is 57.0 cm³/mol. The van der Waals surface area contributed by atoms with Crippen molar-refractivity contribution < 1.29 is 17.9 Å². The van der Waals surface area contributed by atoms with E-state index in [4.69, 9.17) is 4.74 Å². The van der Waals surface area contributed by atoms with Gasteiger partial charge in [0, 0.05) is 24.7 Å². The van der Waals surface area contributed by atoms with E-state index in [1.54, 1.807) is 0 Å². The molecule has 1 saturated heterocycles. The van der Waals surface area contributed by atoms with Crippen LogP contribution in [-0.4, -0.2) is 28.6 Å². The molecule has 2 heterocycles. The van der Waals surface area contributed by atoms with Crippen LogP contribution in [0.25, 0.3) is 0 Å². The van der Waals surface area contributed by atoms with Crippen LogP contribution in [0.4, 0.5) is 18.3 Å². The van der Waals surface area contributed by atoms with Crippen molar-refractivity contribution in [1.82, 2.24) is 9.36 Å². The topological polar surface area (TPSA) is 47.0 Å². The fourth-order valence-corrected chi connectivity index (χ4v) is 2.23. The van der Waals surface area contributed by atoms with Crippen LogP contribution in [0.15, 0.2) is 0 Å². The van der Waals surface area contributed by atoms with Gasteiger partial charge in [-0.1, -0.05) is 0 Å². The van der Waals surface area contributed by atoms with Crippen molar-refractivity contribution in [3.63, 3.8) is 0 Å². The first-order valence-corrected chi connectivity index (χ1v) is 6.09. The number of rotatable bonds is 4. The second-order valence-corrected chi connectivity index (χ2v) is 4.52. The molecule has 8 heteroatoms. The van der Waals surface area contributed by atoms with E-state index in [0.29, 0.717) is 6.54 Å². The van der Waals surface area contributed by atoms with Crippen molar-refractivity contribution in [2.75, 3.05) is 18.5 Å². The van der Waals surface area contributed by atoms with E-state index in [1.165, 1.54) is 0 Å². The molecule has 1 aromatic rings. The van der Waals surface area contributed by atoms with Crippen LogP contribution in [-0.2, 0) is 10.9 Å². The number of hydrogen-bond donors (Lipinski definition) is 1. The lowest BCUT2D eigenvalue weighted by atomic mass is 10.2. The first-order chi connectivity index (χ1) is 8.05. The number of anilines is 1. The largest absolute Gasteiger partial charge is 0.452 e. The Morgan fingerprint density at radius 2 is 2.29 bits per heavy atom. The van der Waals surface area contributed by atoms with Gasteiger partial charge in [0.2, 0.25) is 11.0 Å². The molecule has 0 spiro atoms. The van der Waals surface area contributed by atoms with E-state index in [9.17, 15) is 13.2 Å². The minimum atomic E-state index is -4.47. The maximum Gasteiger partial charge on any atom is 0.452 e. The lowest BCUT2D eigenvalue weighted by molar-refractivity contribution is -0.144. The van der Waals surface area contributed by atoms with E-state index < -0.39 is 12.0 Å². The molecule has 0 amide bonds. The molecule has 0 aliphatic carbocycles. The third-order valence-electron chi connectivity index (χ3n) is 2.45. The zero-order valence-electron chi connectivity index (χ0n) is 8.96. The summed E-state index contributed by atoms with van der Waals surface area (Å²) in [5.41, 5.74) is 0. The fraction of sp³-hybridized carbons (Fsp3) is 0.778. The number of alkyl halides is 3. The Bertz CT molecular complexity index is 363. The van der Waals surface area contributed by atoms with Crippen LogP contribution in [0.1, 0.15) is 25.1 Å². The van der Waals surface area contributed by atoms with Crippen LogP contribution in [0.5, 0.6) is 0 Å². The molecule has 1 aliphatic rings. The smallest absolute Gasteiger partial charge is 0.378 e. The second kappa shape index (κ2) is 5.18. The lowest BCUT2D eigenvalue weighted by Gasteiger charge is -2.08. The predicted octanol–water partition coefficient (Wildman–Crippen LogP) is 2.54. The van der Waals surface area contributed by atoms with Gasteiger partial charge in [0.1, 0.15) is 0 Å². The van der Waals surface area contributed by atoms with E-state index in [1.807, 2.05) is 0 Å². The zero-order valence-corrected chi connectivity index (χ0v) is 9.77. The molecule has 0 bridgehead atoms. The molecule has 0 radical (unpaired) electrons. The Hall–Kier alpha value is -0.890. The van der Waals surface area contributed by atoms with Gasteiger partial charge in [-0.25, -0.2) is 0 Å². The highest BCUT2D eigenvalue weighted by Gasteiger charge is 2.36. The zero-order chi connectivity index (χ0) is 12.3. The van der Waals surface area contributed by atoms with Crippen molar-refractivity contribution in [1.29, 1.82) is 0 Å². The molecule has 1 fully saturated rings. The number of halogens is 3. The van der Waals surface area contributed by atoms with Gasteiger partial charge in [0.25, 0.3) is 0 Å². The normalized spacial score (nSPS) is 20.8. The lowest BCUT2D eigenvalue weighted by Crippen LogP contribution is -2.12. The summed E-state index contributed by atoms with van der Waals surface area (Å²) in [6.45, 7) is 1.33. The highest BCUT2D eigenvalue weighted by molar-refractivity contribution is 7.09. The summed E-state index contributed by atoms with van der Waals surface area (Å²) in [5, 5.41) is 3.03. The van der Waals surface area contributed by atoms with E-state index in [-0.39, 0.29) is 11.2 Å². The van der Waals surface area contributed by atoms with Gasteiger partial charge >= 0.3 is 6.18 Å². The van der Waals surface area contributed by atoms with Crippen LogP contribution in [0.2, 0.25) is 0 Å². The molecule has 0 aromatic carbocycles. The third kappa shape index (κ3) is 3.53. The summed E-state index contributed by atoms with van der Waals surface area (Å²) in [6.07, 6.45) is -1.39. The van der Waals surface area contributed by atoms with Crippen molar-refractivity contribution in [3.8, 4) is 0 Å². The Kier molecular flexibility index (Phi) is 3.82. The Morgan fingerprint density at radius 3 is 2.88 bits per heavy atom. The molecule has 96 valence electrons. The summed E-state index contributed by atoms with van der Waals surface area (Å²) in [4.78, 5) is 3.38. The quantitative estimate of drug-likeness (QED) is 0.910. The molecular weight excluding hydrogens is 255 g/mol. The van der Waals surface area contributed by atoms with Gasteiger partial charge in [-0.05, 0) is 19.3 Å². The molecular formula is C9H12F3N3OS. The maximum atomic E-state index is 12.2. The van der Waals surface area contributed by atoms with Gasteiger partial charge in [0.05, 0.1) is 6.10 Å². The summed E-state index contributed by atoms with van der Waals surface area (Å²) < 4.78 is 45.3. The molecule has 1 N–H and O–H groups in total. The summed E-state index contributed by atoms with van der Waals surface area (Å²) >= 11 is 0.726. The van der Waals surface area contributed by atoms with Crippen LogP contribution in [0.3, 0.4) is 0 Å². The number of nitrogens with zero attached hydrogens (tertiary/aromatic N) is 2. The van der Waals surface area contributed by atoms with Crippen LogP contribution in [0, 0.1) is 0 Å². The minimum Gasteiger partial charge on any atom is -0.378 e. The SMILES string of the molecule is FC(F)(F)c1nsc(NCCC2CCCO2)n1. The average molecular weight is 267 g/mol.